The van der Waals surface area contributed by atoms with Crippen molar-refractivity contribution in [1.82, 2.24) is 4.98 Å². The lowest BCUT2D eigenvalue weighted by Gasteiger charge is -2.08. The molecule has 0 bridgehead atoms. The molecule has 4 aromatic rings. The number of thiazole rings is 1. The van der Waals surface area contributed by atoms with E-state index in [1.165, 1.54) is 41.3 Å². The summed E-state index contributed by atoms with van der Waals surface area (Å²) in [6.45, 7) is 1.77. The lowest BCUT2D eigenvalue weighted by molar-refractivity contribution is -0.384. The maximum Gasteiger partial charge on any atom is 0.270 e. The van der Waals surface area contributed by atoms with E-state index in [2.05, 4.69) is 10.3 Å². The van der Waals surface area contributed by atoms with E-state index < -0.39 is 10.8 Å². The number of nitriles is 1. The summed E-state index contributed by atoms with van der Waals surface area (Å²) in [6, 6.07) is 14.8. The number of nitrogens with zero attached hydrogens (tertiary/aromatic N) is 3. The minimum atomic E-state index is -0.582. The fourth-order valence-corrected chi connectivity index (χ4v) is 5.00. The van der Waals surface area contributed by atoms with Gasteiger partial charge in [-0.3, -0.25) is 14.9 Å². The number of benzene rings is 2. The second-order valence-corrected chi connectivity index (χ2v) is 9.37. The molecule has 0 atom stereocenters. The van der Waals surface area contributed by atoms with Gasteiger partial charge in [-0.2, -0.15) is 5.26 Å². The number of nitro benzene ring substituents is 1. The third kappa shape index (κ3) is 5.06. The van der Waals surface area contributed by atoms with Crippen molar-refractivity contribution in [2.24, 2.45) is 0 Å². The molecule has 11 heteroatoms. The lowest BCUT2D eigenvalue weighted by Crippen LogP contribution is -2.14. The zero-order valence-corrected chi connectivity index (χ0v) is 19.3. The fraction of sp³-hybridized carbons (Fsp3) is 0.0455. The van der Waals surface area contributed by atoms with Crippen LogP contribution in [0.2, 0.25) is 5.02 Å². The van der Waals surface area contributed by atoms with Crippen molar-refractivity contribution in [1.29, 1.82) is 5.26 Å². The summed E-state index contributed by atoms with van der Waals surface area (Å²) in [5, 5.41) is 24.1. The highest BCUT2D eigenvalue weighted by molar-refractivity contribution is 8.01. The van der Waals surface area contributed by atoms with Gasteiger partial charge in [0.1, 0.15) is 17.4 Å². The first-order chi connectivity index (χ1) is 15.8. The molecule has 1 N–H and O–H groups in total. The van der Waals surface area contributed by atoms with Gasteiger partial charge in [0.05, 0.1) is 15.1 Å². The predicted molar refractivity (Wildman–Crippen MR) is 128 cm³/mol. The van der Waals surface area contributed by atoms with Gasteiger partial charge in [-0.1, -0.05) is 17.7 Å². The molecule has 1 amide bonds. The smallest absolute Gasteiger partial charge is 0.270 e. The van der Waals surface area contributed by atoms with Gasteiger partial charge >= 0.3 is 0 Å². The Morgan fingerprint density at radius 2 is 2.15 bits per heavy atom. The first-order valence-electron chi connectivity index (χ1n) is 9.35. The molecule has 164 valence electrons. The van der Waals surface area contributed by atoms with Crippen LogP contribution in [0.4, 0.5) is 11.4 Å². The molecule has 0 unspecified atom stereocenters. The van der Waals surface area contributed by atoms with Gasteiger partial charge in [-0.15, -0.1) is 11.3 Å². The number of hydrogen-bond donors (Lipinski definition) is 1. The Morgan fingerprint density at radius 1 is 1.33 bits per heavy atom. The Morgan fingerprint density at radius 3 is 2.91 bits per heavy atom. The first kappa shape index (κ1) is 22.5. The predicted octanol–water partition coefficient (Wildman–Crippen LogP) is 6.46. The van der Waals surface area contributed by atoms with Gasteiger partial charge in [0.2, 0.25) is 0 Å². The summed E-state index contributed by atoms with van der Waals surface area (Å²) in [5.41, 5.74) is 1.73. The second-order valence-electron chi connectivity index (χ2n) is 6.68. The van der Waals surface area contributed by atoms with Gasteiger partial charge in [-0.25, -0.2) is 4.98 Å². The van der Waals surface area contributed by atoms with Crippen LogP contribution >= 0.6 is 34.7 Å². The summed E-state index contributed by atoms with van der Waals surface area (Å²) in [7, 11) is 0. The van der Waals surface area contributed by atoms with Crippen molar-refractivity contribution in [2.75, 3.05) is 5.32 Å². The molecule has 0 aliphatic rings. The van der Waals surface area contributed by atoms with Crippen LogP contribution in [-0.2, 0) is 4.79 Å². The molecule has 0 fully saturated rings. The fourth-order valence-electron chi connectivity index (χ4n) is 2.83. The lowest BCUT2D eigenvalue weighted by atomic mass is 10.1. The Hall–Kier alpha value is -3.65. The molecule has 0 spiro atoms. The molecule has 4 rings (SSSR count). The van der Waals surface area contributed by atoms with Crippen molar-refractivity contribution in [3.05, 3.63) is 80.6 Å². The molecule has 33 heavy (non-hydrogen) atoms. The Labute approximate surface area is 200 Å². The van der Waals surface area contributed by atoms with E-state index in [1.54, 1.807) is 43.3 Å². The molecule has 0 saturated heterocycles. The molecule has 0 saturated carbocycles. The SMILES string of the molecule is Cc1c(Cl)cccc1NC(=O)/C(C#N)=C/c1ccc(Sc2nc3ccc([N+](=O)[O-])cc3s2)o1. The number of hydrogen-bond acceptors (Lipinski definition) is 8. The van der Waals surface area contributed by atoms with Crippen molar-refractivity contribution < 1.29 is 14.1 Å². The molecular formula is C22H13ClN4O4S2. The first-order valence-corrected chi connectivity index (χ1v) is 11.4. The molecular weight excluding hydrogens is 484 g/mol. The molecule has 0 aliphatic heterocycles. The van der Waals surface area contributed by atoms with Crippen molar-refractivity contribution in [3.63, 3.8) is 0 Å². The minimum Gasteiger partial charge on any atom is -0.450 e. The second kappa shape index (κ2) is 9.46. The number of furan rings is 1. The van der Waals surface area contributed by atoms with E-state index in [9.17, 15) is 20.2 Å². The average molecular weight is 497 g/mol. The molecule has 2 aromatic heterocycles. The van der Waals surface area contributed by atoms with Crippen LogP contribution in [-0.4, -0.2) is 15.8 Å². The van der Waals surface area contributed by atoms with Crippen LogP contribution in [0, 0.1) is 28.4 Å². The highest BCUT2D eigenvalue weighted by Crippen LogP contribution is 2.36. The number of amides is 1. The Kier molecular flexibility index (Phi) is 6.46. The summed E-state index contributed by atoms with van der Waals surface area (Å²) in [6.07, 6.45) is 1.35. The van der Waals surface area contributed by atoms with E-state index in [0.717, 1.165) is 0 Å². The van der Waals surface area contributed by atoms with Crippen LogP contribution < -0.4 is 5.32 Å². The quantitative estimate of drug-likeness (QED) is 0.141. The zero-order chi connectivity index (χ0) is 23.5. The summed E-state index contributed by atoms with van der Waals surface area (Å²) in [5.74, 6) is -0.259. The number of non-ortho nitro benzene ring substituents is 1. The maximum absolute atomic E-state index is 12.5. The van der Waals surface area contributed by atoms with Crippen LogP contribution in [0.25, 0.3) is 16.3 Å². The van der Waals surface area contributed by atoms with E-state index in [0.29, 0.717) is 41.7 Å². The number of rotatable bonds is 6. The molecule has 2 heterocycles. The zero-order valence-electron chi connectivity index (χ0n) is 16.9. The largest absolute Gasteiger partial charge is 0.450 e. The molecule has 2 aromatic carbocycles. The number of halogens is 1. The topological polar surface area (TPSA) is 122 Å². The van der Waals surface area contributed by atoms with Crippen molar-refractivity contribution in [2.45, 2.75) is 16.4 Å². The normalized spacial score (nSPS) is 11.4. The van der Waals surface area contributed by atoms with Gasteiger partial charge in [0.25, 0.3) is 11.6 Å². The average Bonchev–Trinajstić information content (AvgIpc) is 3.40. The Balaban J connectivity index is 1.50. The number of nitro groups is 1. The Bertz CT molecular complexity index is 1470. The summed E-state index contributed by atoms with van der Waals surface area (Å²) >= 11 is 8.62. The van der Waals surface area contributed by atoms with E-state index in [4.69, 9.17) is 16.0 Å². The monoisotopic (exact) mass is 496 g/mol. The number of fused-ring (bicyclic) bond motifs is 1. The standard InChI is InChI=1S/C22H13ClN4O4S2/c1-12-16(23)3-2-4-17(12)25-21(28)13(11-24)9-15-6-8-20(31-15)33-22-26-18-7-5-14(27(29)30)10-19(18)32-22/h2-10H,1H3,(H,25,28)/b13-9+. The third-order valence-corrected chi connectivity index (χ3v) is 6.93. The molecule has 8 nitrogen and oxygen atoms in total. The van der Waals surface area contributed by atoms with Crippen LogP contribution in [0.1, 0.15) is 11.3 Å². The van der Waals surface area contributed by atoms with Crippen molar-refractivity contribution in [3.8, 4) is 6.07 Å². The minimum absolute atomic E-state index is 0.00315. The third-order valence-electron chi connectivity index (χ3n) is 4.52. The van der Waals surface area contributed by atoms with Crippen LogP contribution in [0.15, 0.2) is 68.0 Å². The number of nitrogens with one attached hydrogen (secondary N) is 1. The van der Waals surface area contributed by atoms with Gasteiger partial charge in [0, 0.05) is 28.9 Å². The number of aromatic nitrogens is 1. The number of anilines is 1. The van der Waals surface area contributed by atoms with E-state index >= 15 is 0 Å². The van der Waals surface area contributed by atoms with Gasteiger partial charge in [-0.05, 0) is 54.6 Å². The summed E-state index contributed by atoms with van der Waals surface area (Å²) < 4.78 is 7.05. The highest BCUT2D eigenvalue weighted by atomic mass is 35.5. The van der Waals surface area contributed by atoms with Gasteiger partial charge < -0.3 is 9.73 Å². The maximum atomic E-state index is 12.5. The molecule has 0 aliphatic carbocycles. The van der Waals surface area contributed by atoms with Gasteiger partial charge in [0.15, 0.2) is 9.43 Å². The number of carbonyl (C=O) groups excluding carboxylic acids is 1. The van der Waals surface area contributed by atoms with Crippen LogP contribution in [0.3, 0.4) is 0 Å². The summed E-state index contributed by atoms with van der Waals surface area (Å²) in [4.78, 5) is 27.5. The van der Waals surface area contributed by atoms with E-state index in [-0.39, 0.29) is 11.3 Å². The van der Waals surface area contributed by atoms with E-state index in [1.807, 2.05) is 6.07 Å². The number of carbonyl (C=O) groups is 1. The molecule has 0 radical (unpaired) electrons. The highest BCUT2D eigenvalue weighted by Gasteiger charge is 2.15. The van der Waals surface area contributed by atoms with Crippen LogP contribution in [0.5, 0.6) is 0 Å². The van der Waals surface area contributed by atoms with Crippen molar-refractivity contribution >= 4 is 68.3 Å².